The van der Waals surface area contributed by atoms with Crippen molar-refractivity contribution in [1.82, 2.24) is 0 Å². The Morgan fingerprint density at radius 1 is 1.56 bits per heavy atom. The van der Waals surface area contributed by atoms with Gasteiger partial charge in [0.25, 0.3) is 5.91 Å². The summed E-state index contributed by atoms with van der Waals surface area (Å²) in [6.07, 6.45) is 0.308. The van der Waals surface area contributed by atoms with E-state index in [1.54, 1.807) is 31.4 Å². The molecule has 5 heteroatoms. The topological polar surface area (TPSA) is 67.9 Å². The van der Waals surface area contributed by atoms with Crippen LogP contribution in [0.5, 0.6) is 0 Å². The van der Waals surface area contributed by atoms with E-state index in [1.807, 2.05) is 0 Å². The van der Waals surface area contributed by atoms with Crippen LogP contribution in [0, 0.1) is 0 Å². The first-order valence-electron chi connectivity index (χ1n) is 4.94. The third-order valence-electron chi connectivity index (χ3n) is 2.26. The number of hydrogen-bond acceptors (Lipinski definition) is 4. The molecule has 0 fully saturated rings. The van der Waals surface area contributed by atoms with Crippen molar-refractivity contribution in [3.05, 3.63) is 24.3 Å². The summed E-state index contributed by atoms with van der Waals surface area (Å²) in [7, 11) is 1.58. The highest BCUT2D eigenvalue weighted by atomic mass is 16.5. The van der Waals surface area contributed by atoms with Crippen LogP contribution in [0.2, 0.25) is 0 Å². The molecular weight excluding hydrogens is 206 g/mol. The fourth-order valence-electron chi connectivity index (χ4n) is 1.59. The van der Waals surface area contributed by atoms with Crippen LogP contribution < -0.4 is 10.7 Å². The molecule has 0 atom stereocenters. The Labute approximate surface area is 93.5 Å². The SMILES string of the molecule is COCC1=NN(c2cccc(N)c2)C(=O)C1. The molecule has 0 saturated carbocycles. The third kappa shape index (κ3) is 2.04. The third-order valence-corrected chi connectivity index (χ3v) is 2.26. The van der Waals surface area contributed by atoms with Gasteiger partial charge < -0.3 is 10.5 Å². The van der Waals surface area contributed by atoms with E-state index in [9.17, 15) is 4.79 Å². The number of ether oxygens (including phenoxy) is 1. The summed E-state index contributed by atoms with van der Waals surface area (Å²) in [5.74, 6) is -0.0577. The number of rotatable bonds is 3. The maximum atomic E-state index is 11.7. The molecule has 0 aliphatic carbocycles. The van der Waals surface area contributed by atoms with E-state index >= 15 is 0 Å². The zero-order valence-corrected chi connectivity index (χ0v) is 9.01. The normalized spacial score (nSPS) is 15.4. The molecule has 16 heavy (non-hydrogen) atoms. The van der Waals surface area contributed by atoms with Crippen LogP contribution in [0.1, 0.15) is 6.42 Å². The first-order chi connectivity index (χ1) is 7.70. The molecule has 1 aliphatic heterocycles. The molecule has 1 amide bonds. The number of carbonyl (C=O) groups excluding carboxylic acids is 1. The maximum Gasteiger partial charge on any atom is 0.253 e. The minimum absolute atomic E-state index is 0.0577. The number of hydrogen-bond donors (Lipinski definition) is 1. The Morgan fingerprint density at radius 3 is 3.06 bits per heavy atom. The number of carbonyl (C=O) groups is 1. The van der Waals surface area contributed by atoms with Crippen molar-refractivity contribution in [3.8, 4) is 0 Å². The first-order valence-corrected chi connectivity index (χ1v) is 4.94. The van der Waals surface area contributed by atoms with Gasteiger partial charge in [0.1, 0.15) is 0 Å². The lowest BCUT2D eigenvalue weighted by atomic mass is 10.2. The molecule has 0 aromatic heterocycles. The molecule has 1 aliphatic rings. The lowest BCUT2D eigenvalue weighted by Gasteiger charge is -2.11. The van der Waals surface area contributed by atoms with E-state index in [0.717, 1.165) is 5.71 Å². The summed E-state index contributed by atoms with van der Waals surface area (Å²) in [5.41, 5.74) is 7.69. The molecule has 84 valence electrons. The summed E-state index contributed by atoms with van der Waals surface area (Å²) >= 11 is 0. The van der Waals surface area contributed by atoms with E-state index in [1.165, 1.54) is 5.01 Å². The number of amides is 1. The number of benzene rings is 1. The van der Waals surface area contributed by atoms with E-state index < -0.39 is 0 Å². The quantitative estimate of drug-likeness (QED) is 0.771. The zero-order valence-electron chi connectivity index (χ0n) is 9.01. The number of methoxy groups -OCH3 is 1. The van der Waals surface area contributed by atoms with Gasteiger partial charge in [-0.2, -0.15) is 5.10 Å². The highest BCUT2D eigenvalue weighted by molar-refractivity contribution is 6.13. The van der Waals surface area contributed by atoms with Crippen LogP contribution in [-0.2, 0) is 9.53 Å². The van der Waals surface area contributed by atoms with Gasteiger partial charge in [0, 0.05) is 12.8 Å². The number of nitrogens with zero attached hydrogens (tertiary/aromatic N) is 2. The fourth-order valence-corrected chi connectivity index (χ4v) is 1.59. The van der Waals surface area contributed by atoms with Gasteiger partial charge in [-0.15, -0.1) is 0 Å². The Balaban J connectivity index is 2.24. The average molecular weight is 219 g/mol. The van der Waals surface area contributed by atoms with E-state index in [2.05, 4.69) is 5.10 Å². The largest absolute Gasteiger partial charge is 0.399 e. The van der Waals surface area contributed by atoms with Gasteiger partial charge in [0.15, 0.2) is 0 Å². The second-order valence-corrected chi connectivity index (χ2v) is 3.58. The predicted octanol–water partition coefficient (Wildman–Crippen LogP) is 1.01. The maximum absolute atomic E-state index is 11.7. The molecule has 1 aromatic carbocycles. The molecule has 2 rings (SSSR count). The molecule has 0 spiro atoms. The molecule has 0 saturated heterocycles. The van der Waals surface area contributed by atoms with Crippen molar-refractivity contribution >= 4 is 23.0 Å². The molecule has 1 heterocycles. The number of nitrogens with two attached hydrogens (primary N) is 1. The van der Waals surface area contributed by atoms with Gasteiger partial charge >= 0.3 is 0 Å². The number of hydrazone groups is 1. The van der Waals surface area contributed by atoms with Crippen LogP contribution in [0.15, 0.2) is 29.4 Å². The standard InChI is InChI=1S/C11H13N3O2/c1-16-7-9-6-11(15)14(13-9)10-4-2-3-8(12)5-10/h2-5H,6-7,12H2,1H3. The lowest BCUT2D eigenvalue weighted by Crippen LogP contribution is -2.19. The van der Waals surface area contributed by atoms with Crippen molar-refractivity contribution in [2.24, 2.45) is 5.10 Å². The summed E-state index contributed by atoms with van der Waals surface area (Å²) in [5, 5.41) is 5.56. The van der Waals surface area contributed by atoms with Gasteiger partial charge in [-0.05, 0) is 18.2 Å². The van der Waals surface area contributed by atoms with Gasteiger partial charge in [-0.3, -0.25) is 4.79 Å². The fraction of sp³-hybridized carbons (Fsp3) is 0.273. The summed E-state index contributed by atoms with van der Waals surface area (Å²) in [6.45, 7) is 0.380. The average Bonchev–Trinajstić information content (AvgIpc) is 2.60. The van der Waals surface area contributed by atoms with Gasteiger partial charge in [0.05, 0.1) is 24.4 Å². The Morgan fingerprint density at radius 2 is 2.38 bits per heavy atom. The second-order valence-electron chi connectivity index (χ2n) is 3.58. The molecule has 2 N–H and O–H groups in total. The second kappa shape index (κ2) is 4.32. The van der Waals surface area contributed by atoms with Gasteiger partial charge in [-0.1, -0.05) is 6.07 Å². The molecule has 0 unspecified atom stereocenters. The highest BCUT2D eigenvalue weighted by Crippen LogP contribution is 2.22. The minimum atomic E-state index is -0.0577. The van der Waals surface area contributed by atoms with E-state index in [0.29, 0.717) is 24.4 Å². The molecule has 5 nitrogen and oxygen atoms in total. The Kier molecular flexibility index (Phi) is 2.87. The van der Waals surface area contributed by atoms with Crippen molar-refractivity contribution in [3.63, 3.8) is 0 Å². The molecule has 0 bridgehead atoms. The Bertz CT molecular complexity index is 443. The predicted molar refractivity (Wildman–Crippen MR) is 62.3 cm³/mol. The minimum Gasteiger partial charge on any atom is -0.399 e. The van der Waals surface area contributed by atoms with Crippen LogP contribution in [0.4, 0.5) is 11.4 Å². The van der Waals surface area contributed by atoms with E-state index in [-0.39, 0.29) is 5.91 Å². The summed E-state index contributed by atoms with van der Waals surface area (Å²) < 4.78 is 4.95. The molecule has 1 aromatic rings. The van der Waals surface area contributed by atoms with Crippen LogP contribution >= 0.6 is 0 Å². The smallest absolute Gasteiger partial charge is 0.253 e. The number of anilines is 2. The van der Waals surface area contributed by atoms with Crippen molar-refractivity contribution in [1.29, 1.82) is 0 Å². The first kappa shape index (κ1) is 10.6. The van der Waals surface area contributed by atoms with Gasteiger partial charge in [-0.25, -0.2) is 5.01 Å². The van der Waals surface area contributed by atoms with Crippen molar-refractivity contribution in [2.75, 3.05) is 24.5 Å². The van der Waals surface area contributed by atoms with Crippen LogP contribution in [0.3, 0.4) is 0 Å². The monoisotopic (exact) mass is 219 g/mol. The summed E-state index contributed by atoms with van der Waals surface area (Å²) in [6, 6.07) is 7.08. The van der Waals surface area contributed by atoms with Crippen molar-refractivity contribution in [2.45, 2.75) is 6.42 Å². The molecular formula is C11H13N3O2. The van der Waals surface area contributed by atoms with Crippen molar-refractivity contribution < 1.29 is 9.53 Å². The zero-order chi connectivity index (χ0) is 11.5. The summed E-state index contributed by atoms with van der Waals surface area (Å²) in [4.78, 5) is 11.7. The van der Waals surface area contributed by atoms with Crippen LogP contribution in [0.25, 0.3) is 0 Å². The Hall–Kier alpha value is -1.88. The lowest BCUT2D eigenvalue weighted by molar-refractivity contribution is -0.116. The highest BCUT2D eigenvalue weighted by Gasteiger charge is 2.24. The number of nitrogen functional groups attached to an aromatic ring is 1. The van der Waals surface area contributed by atoms with E-state index in [4.69, 9.17) is 10.5 Å². The van der Waals surface area contributed by atoms with Gasteiger partial charge in [0.2, 0.25) is 0 Å². The molecule has 0 radical (unpaired) electrons. The van der Waals surface area contributed by atoms with Crippen LogP contribution in [-0.4, -0.2) is 25.3 Å².